The van der Waals surface area contributed by atoms with Gasteiger partial charge in [-0.2, -0.15) is 0 Å². The molecule has 9 nitrogen and oxygen atoms in total. The van der Waals surface area contributed by atoms with Gasteiger partial charge in [-0.05, 0) is 31.2 Å². The maximum Gasteiger partial charge on any atom is 0.339 e. The molecule has 0 bridgehead atoms. The van der Waals surface area contributed by atoms with Crippen molar-refractivity contribution in [2.24, 2.45) is 0 Å². The zero-order valence-corrected chi connectivity index (χ0v) is 16.2. The van der Waals surface area contributed by atoms with E-state index in [9.17, 15) is 28.1 Å². The van der Waals surface area contributed by atoms with Crippen molar-refractivity contribution < 1.29 is 27.7 Å². The molecule has 0 aliphatic carbocycles. The highest BCUT2D eigenvalue weighted by molar-refractivity contribution is 7.90. The number of benzene rings is 2. The molecule has 10 heteroatoms. The molecule has 0 radical (unpaired) electrons. The highest BCUT2D eigenvalue weighted by Crippen LogP contribution is 2.25. The van der Waals surface area contributed by atoms with Crippen LogP contribution in [0.2, 0.25) is 0 Å². The fourth-order valence-electron chi connectivity index (χ4n) is 2.43. The second kappa shape index (κ2) is 8.17. The monoisotopic (exact) mass is 406 g/mol. The quantitative estimate of drug-likeness (QED) is 0.409. The summed E-state index contributed by atoms with van der Waals surface area (Å²) in [6.07, 6.45) is -0.334. The number of carbonyl (C=O) groups excluding carboxylic acids is 2. The molecular weight excluding hydrogens is 388 g/mol. The number of amides is 1. The van der Waals surface area contributed by atoms with Crippen LogP contribution in [-0.4, -0.2) is 44.6 Å². The van der Waals surface area contributed by atoms with E-state index < -0.39 is 43.3 Å². The molecule has 2 rings (SSSR count). The van der Waals surface area contributed by atoms with Gasteiger partial charge < -0.3 is 9.64 Å². The van der Waals surface area contributed by atoms with Crippen LogP contribution in [-0.2, 0) is 19.4 Å². The normalized spacial score (nSPS) is 12.1. The molecule has 0 N–H and O–H groups in total. The van der Waals surface area contributed by atoms with Gasteiger partial charge in [-0.15, -0.1) is 0 Å². The van der Waals surface area contributed by atoms with E-state index in [4.69, 9.17) is 4.74 Å². The first-order valence-corrected chi connectivity index (χ1v) is 9.93. The molecule has 0 aliphatic rings. The molecule has 1 amide bonds. The van der Waals surface area contributed by atoms with Gasteiger partial charge in [-0.25, -0.2) is 13.2 Å². The number of hydrogen-bond acceptors (Lipinski definition) is 7. The summed E-state index contributed by atoms with van der Waals surface area (Å²) >= 11 is 0. The van der Waals surface area contributed by atoms with Crippen molar-refractivity contribution in [2.45, 2.75) is 17.9 Å². The van der Waals surface area contributed by atoms with Crippen LogP contribution in [0, 0.1) is 10.1 Å². The number of para-hydroxylation sites is 1. The number of anilines is 1. The summed E-state index contributed by atoms with van der Waals surface area (Å²) in [7, 11) is -2.33. The summed E-state index contributed by atoms with van der Waals surface area (Å²) in [5.74, 6) is -1.48. The topological polar surface area (TPSA) is 124 Å². The number of ether oxygens (including phenoxy) is 1. The van der Waals surface area contributed by atoms with E-state index in [1.807, 2.05) is 0 Å². The lowest BCUT2D eigenvalue weighted by molar-refractivity contribution is -0.387. The predicted molar refractivity (Wildman–Crippen MR) is 101 cm³/mol. The predicted octanol–water partition coefficient (Wildman–Crippen LogP) is 2.21. The molecule has 2 aromatic rings. The summed E-state index contributed by atoms with van der Waals surface area (Å²) < 4.78 is 28.4. The van der Waals surface area contributed by atoms with Crippen LogP contribution in [0.1, 0.15) is 17.3 Å². The first-order chi connectivity index (χ1) is 13.0. The standard InChI is InChI=1S/C18H18N2O7S/c1-12(17(21)19(2)14-7-5-4-6-8-14)27-18(22)13-9-10-16(28(3,25)26)15(11-13)20(23)24/h4-12H,1-3H3/t12-/m0/s1. The van der Waals surface area contributed by atoms with E-state index in [2.05, 4.69) is 0 Å². The fourth-order valence-corrected chi connectivity index (χ4v) is 3.26. The number of sulfone groups is 1. The fraction of sp³-hybridized carbons (Fsp3) is 0.222. The van der Waals surface area contributed by atoms with Crippen molar-refractivity contribution >= 4 is 33.1 Å². The van der Waals surface area contributed by atoms with Crippen molar-refractivity contribution in [3.8, 4) is 0 Å². The maximum atomic E-state index is 12.4. The number of hydrogen-bond donors (Lipinski definition) is 0. The zero-order valence-electron chi connectivity index (χ0n) is 15.4. The number of esters is 1. The molecule has 148 valence electrons. The first-order valence-electron chi connectivity index (χ1n) is 8.04. The Morgan fingerprint density at radius 1 is 1.14 bits per heavy atom. The molecule has 0 saturated heterocycles. The van der Waals surface area contributed by atoms with Gasteiger partial charge in [0.15, 0.2) is 15.9 Å². The average molecular weight is 406 g/mol. The van der Waals surface area contributed by atoms with Crippen LogP contribution in [0.4, 0.5) is 11.4 Å². The number of likely N-dealkylation sites (N-methyl/N-ethyl adjacent to an activating group) is 1. The van der Waals surface area contributed by atoms with Gasteiger partial charge >= 0.3 is 5.97 Å². The van der Waals surface area contributed by atoms with E-state index in [-0.39, 0.29) is 5.56 Å². The van der Waals surface area contributed by atoms with E-state index >= 15 is 0 Å². The van der Waals surface area contributed by atoms with Crippen LogP contribution >= 0.6 is 0 Å². The first kappa shape index (κ1) is 21.0. The Bertz CT molecular complexity index is 1020. The molecule has 0 heterocycles. The van der Waals surface area contributed by atoms with Crippen LogP contribution in [0.25, 0.3) is 0 Å². The molecule has 0 aromatic heterocycles. The Morgan fingerprint density at radius 2 is 1.75 bits per heavy atom. The van der Waals surface area contributed by atoms with E-state index in [1.165, 1.54) is 18.9 Å². The van der Waals surface area contributed by atoms with Crippen molar-refractivity contribution in [1.82, 2.24) is 0 Å². The van der Waals surface area contributed by atoms with Gasteiger partial charge in [0.1, 0.15) is 4.90 Å². The largest absolute Gasteiger partial charge is 0.449 e. The van der Waals surface area contributed by atoms with E-state index in [1.54, 1.807) is 30.3 Å². The van der Waals surface area contributed by atoms with Gasteiger partial charge in [-0.1, -0.05) is 18.2 Å². The third-order valence-corrected chi connectivity index (χ3v) is 5.04. The van der Waals surface area contributed by atoms with Gasteiger partial charge in [0, 0.05) is 25.1 Å². The van der Waals surface area contributed by atoms with Gasteiger partial charge in [0.2, 0.25) is 0 Å². The van der Waals surface area contributed by atoms with Gasteiger partial charge in [0.05, 0.1) is 10.5 Å². The highest BCUT2D eigenvalue weighted by Gasteiger charge is 2.27. The molecule has 0 aliphatic heterocycles. The third-order valence-electron chi connectivity index (χ3n) is 3.90. The second-order valence-corrected chi connectivity index (χ2v) is 7.98. The minimum Gasteiger partial charge on any atom is -0.449 e. The third kappa shape index (κ3) is 4.71. The van der Waals surface area contributed by atoms with Crippen molar-refractivity contribution in [3.05, 3.63) is 64.2 Å². The van der Waals surface area contributed by atoms with Crippen molar-refractivity contribution in [1.29, 1.82) is 0 Å². The summed E-state index contributed by atoms with van der Waals surface area (Å²) in [6.45, 7) is 1.37. The van der Waals surface area contributed by atoms with Crippen molar-refractivity contribution in [3.63, 3.8) is 0 Å². The minimum atomic E-state index is -3.85. The molecule has 2 aromatic carbocycles. The summed E-state index contributed by atoms with van der Waals surface area (Å²) in [6, 6.07) is 11.6. The Labute approximate surface area is 161 Å². The maximum absolute atomic E-state index is 12.4. The Balaban J connectivity index is 2.21. The number of nitro benzene ring substituents is 1. The zero-order chi connectivity index (χ0) is 21.1. The minimum absolute atomic E-state index is 0.235. The Kier molecular flexibility index (Phi) is 6.14. The highest BCUT2D eigenvalue weighted by atomic mass is 32.2. The van der Waals surface area contributed by atoms with Crippen LogP contribution in [0.5, 0.6) is 0 Å². The number of rotatable bonds is 6. The summed E-state index contributed by atoms with van der Waals surface area (Å²) in [5, 5.41) is 11.1. The lowest BCUT2D eigenvalue weighted by Gasteiger charge is -2.21. The molecule has 1 atom stereocenters. The molecule has 0 unspecified atom stereocenters. The van der Waals surface area contributed by atoms with Crippen molar-refractivity contribution in [2.75, 3.05) is 18.2 Å². The van der Waals surface area contributed by atoms with Crippen LogP contribution in [0.15, 0.2) is 53.4 Å². The number of nitro groups is 1. The lowest BCUT2D eigenvalue weighted by atomic mass is 10.2. The smallest absolute Gasteiger partial charge is 0.339 e. The van der Waals surface area contributed by atoms with Gasteiger partial charge in [-0.3, -0.25) is 14.9 Å². The van der Waals surface area contributed by atoms with E-state index in [0.717, 1.165) is 24.5 Å². The molecule has 0 fully saturated rings. The second-order valence-electron chi connectivity index (χ2n) is 5.99. The molecule has 0 saturated carbocycles. The van der Waals surface area contributed by atoms with Crippen LogP contribution < -0.4 is 4.90 Å². The summed E-state index contributed by atoms with van der Waals surface area (Å²) in [4.78, 5) is 35.8. The van der Waals surface area contributed by atoms with Crippen LogP contribution in [0.3, 0.4) is 0 Å². The number of carbonyl (C=O) groups is 2. The molecule has 28 heavy (non-hydrogen) atoms. The molecule has 0 spiro atoms. The van der Waals surface area contributed by atoms with Gasteiger partial charge in [0.25, 0.3) is 11.6 Å². The summed E-state index contributed by atoms with van der Waals surface area (Å²) in [5.41, 5.74) is -0.373. The Morgan fingerprint density at radius 3 is 2.29 bits per heavy atom. The average Bonchev–Trinajstić information content (AvgIpc) is 2.66. The Hall–Kier alpha value is -3.27. The van der Waals surface area contributed by atoms with E-state index in [0.29, 0.717) is 5.69 Å². The molecular formula is C18H18N2O7S. The SMILES string of the molecule is C[C@H](OC(=O)c1ccc(S(C)(=O)=O)c([N+](=O)[O-])c1)C(=O)N(C)c1ccccc1. The number of nitrogens with zero attached hydrogens (tertiary/aromatic N) is 2. The lowest BCUT2D eigenvalue weighted by Crippen LogP contribution is -2.37.